The number of allylic oxidation sites excluding steroid dienone is 1. The summed E-state index contributed by atoms with van der Waals surface area (Å²) < 4.78 is 0. The van der Waals surface area contributed by atoms with Gasteiger partial charge in [0.25, 0.3) is 5.91 Å². The van der Waals surface area contributed by atoms with Gasteiger partial charge in [0.15, 0.2) is 5.78 Å². The first-order chi connectivity index (χ1) is 7.66. The van der Waals surface area contributed by atoms with E-state index in [-0.39, 0.29) is 23.7 Å². The van der Waals surface area contributed by atoms with Crippen LogP contribution >= 0.6 is 0 Å². The van der Waals surface area contributed by atoms with Gasteiger partial charge in [-0.15, -0.1) is 0 Å². The molecule has 0 aromatic rings. The monoisotopic (exact) mass is 225 g/mol. The Bertz CT molecular complexity index is 289. The van der Waals surface area contributed by atoms with Crippen molar-refractivity contribution in [2.75, 3.05) is 6.54 Å². The molecule has 90 valence electrons. The summed E-state index contributed by atoms with van der Waals surface area (Å²) in [6, 6.07) is 0. The fraction of sp³-hybridized carbons (Fsp3) is 0.667. The lowest BCUT2D eigenvalue weighted by Gasteiger charge is -2.02. The topological polar surface area (TPSA) is 66.4 Å². The summed E-state index contributed by atoms with van der Waals surface area (Å²) in [6.07, 6.45) is 5.79. The molecule has 0 atom stereocenters. The second-order valence-electron chi connectivity index (χ2n) is 4.09. The maximum atomic E-state index is 11.3. The lowest BCUT2D eigenvalue weighted by Crippen LogP contribution is -2.15. The van der Waals surface area contributed by atoms with Crippen LogP contribution in [0.4, 0.5) is 0 Å². The fourth-order valence-corrected chi connectivity index (χ4v) is 1.78. The minimum absolute atomic E-state index is 0.0219. The van der Waals surface area contributed by atoms with Crippen LogP contribution < -0.4 is 5.32 Å². The number of rotatable bonds is 6. The van der Waals surface area contributed by atoms with E-state index in [1.54, 1.807) is 0 Å². The maximum Gasteiger partial charge on any atom is 0.258 e. The molecule has 0 aromatic heterocycles. The minimum atomic E-state index is -0.434. The third-order valence-electron chi connectivity index (χ3n) is 2.72. The molecule has 0 aromatic carbocycles. The molecule has 4 heteroatoms. The van der Waals surface area contributed by atoms with Crippen LogP contribution in [-0.2, 0) is 9.59 Å². The van der Waals surface area contributed by atoms with E-state index in [9.17, 15) is 14.7 Å². The van der Waals surface area contributed by atoms with E-state index < -0.39 is 5.91 Å². The van der Waals surface area contributed by atoms with Crippen molar-refractivity contribution in [3.8, 4) is 0 Å². The highest BCUT2D eigenvalue weighted by Crippen LogP contribution is 2.15. The number of carbonyl (C=O) groups is 2. The molecular formula is C12H19NO3. The van der Waals surface area contributed by atoms with Crippen molar-refractivity contribution in [2.45, 2.75) is 45.4 Å². The molecule has 0 saturated carbocycles. The zero-order valence-electron chi connectivity index (χ0n) is 9.71. The van der Waals surface area contributed by atoms with Crippen LogP contribution in [0.3, 0.4) is 0 Å². The number of hydrogen-bond acceptors (Lipinski definition) is 3. The first-order valence-corrected chi connectivity index (χ1v) is 5.90. The highest BCUT2D eigenvalue weighted by atomic mass is 16.3. The Hall–Kier alpha value is -1.32. The zero-order chi connectivity index (χ0) is 12.0. The second kappa shape index (κ2) is 6.30. The van der Waals surface area contributed by atoms with Gasteiger partial charge in [0, 0.05) is 6.42 Å². The fourth-order valence-electron chi connectivity index (χ4n) is 1.78. The van der Waals surface area contributed by atoms with Gasteiger partial charge in [-0.2, -0.15) is 0 Å². The average Bonchev–Trinajstić information content (AvgIpc) is 2.58. The van der Waals surface area contributed by atoms with E-state index in [4.69, 9.17) is 0 Å². The molecule has 1 amide bonds. The van der Waals surface area contributed by atoms with Crippen LogP contribution in [-0.4, -0.2) is 23.3 Å². The van der Waals surface area contributed by atoms with Gasteiger partial charge in [-0.05, 0) is 6.42 Å². The first-order valence-electron chi connectivity index (χ1n) is 5.90. The summed E-state index contributed by atoms with van der Waals surface area (Å²) >= 11 is 0. The average molecular weight is 225 g/mol. The molecule has 1 fully saturated rings. The molecule has 0 radical (unpaired) electrons. The number of ketones is 1. The number of hydrogen-bond donors (Lipinski definition) is 2. The van der Waals surface area contributed by atoms with Gasteiger partial charge in [-0.1, -0.05) is 32.6 Å². The molecular weight excluding hydrogens is 206 g/mol. The van der Waals surface area contributed by atoms with Crippen LogP contribution in [0.1, 0.15) is 45.4 Å². The predicted octanol–water partition coefficient (Wildman–Crippen LogP) is 1.86. The smallest absolute Gasteiger partial charge is 0.258 e. The third kappa shape index (κ3) is 3.36. The van der Waals surface area contributed by atoms with Crippen molar-refractivity contribution in [1.82, 2.24) is 5.32 Å². The van der Waals surface area contributed by atoms with Crippen molar-refractivity contribution in [2.24, 2.45) is 0 Å². The molecule has 0 unspecified atom stereocenters. The van der Waals surface area contributed by atoms with Gasteiger partial charge >= 0.3 is 0 Å². The maximum absolute atomic E-state index is 11.3. The summed E-state index contributed by atoms with van der Waals surface area (Å²) in [6.45, 7) is 2.16. The highest BCUT2D eigenvalue weighted by molar-refractivity contribution is 6.25. The van der Waals surface area contributed by atoms with Gasteiger partial charge in [-0.25, -0.2) is 0 Å². The number of carbonyl (C=O) groups excluding carboxylic acids is 2. The van der Waals surface area contributed by atoms with Crippen LogP contribution in [0.2, 0.25) is 0 Å². The van der Waals surface area contributed by atoms with Gasteiger partial charge < -0.3 is 10.4 Å². The van der Waals surface area contributed by atoms with Gasteiger partial charge in [0.2, 0.25) is 0 Å². The highest BCUT2D eigenvalue weighted by Gasteiger charge is 2.28. The third-order valence-corrected chi connectivity index (χ3v) is 2.72. The first kappa shape index (κ1) is 12.7. The molecule has 1 aliphatic rings. The summed E-state index contributed by atoms with van der Waals surface area (Å²) in [4.78, 5) is 22.5. The number of aliphatic hydroxyl groups excluding tert-OH is 1. The van der Waals surface area contributed by atoms with Crippen LogP contribution in [0.5, 0.6) is 0 Å². The van der Waals surface area contributed by atoms with Crippen molar-refractivity contribution in [3.63, 3.8) is 0 Å². The van der Waals surface area contributed by atoms with Gasteiger partial charge in [0.05, 0.1) is 6.54 Å². The van der Waals surface area contributed by atoms with E-state index in [2.05, 4.69) is 12.2 Å². The summed E-state index contributed by atoms with van der Waals surface area (Å²) in [5, 5.41) is 12.0. The van der Waals surface area contributed by atoms with Gasteiger partial charge in [0.1, 0.15) is 11.3 Å². The number of aliphatic hydroxyl groups is 1. The molecule has 4 nitrogen and oxygen atoms in total. The van der Waals surface area contributed by atoms with E-state index >= 15 is 0 Å². The number of nitrogens with one attached hydrogen (secondary N) is 1. The van der Waals surface area contributed by atoms with Crippen molar-refractivity contribution in [1.29, 1.82) is 0 Å². The largest absolute Gasteiger partial charge is 0.511 e. The lowest BCUT2D eigenvalue weighted by atomic mass is 10.1. The zero-order valence-corrected chi connectivity index (χ0v) is 9.71. The van der Waals surface area contributed by atoms with Crippen LogP contribution in [0.15, 0.2) is 11.3 Å². The normalized spacial score (nSPS) is 18.8. The standard InChI is InChI=1S/C12H19NO3/c1-2-3-4-5-6-7-9(14)11-10(15)8-13-12(11)16/h14H,2-8H2,1H3,(H,13,16)/b11-9+. The molecule has 0 bridgehead atoms. The molecule has 1 rings (SSSR count). The van der Waals surface area contributed by atoms with Crippen LogP contribution in [0, 0.1) is 0 Å². The molecule has 1 aliphatic heterocycles. The Labute approximate surface area is 95.7 Å². The Morgan fingerprint density at radius 2 is 1.94 bits per heavy atom. The lowest BCUT2D eigenvalue weighted by molar-refractivity contribution is -0.117. The predicted molar refractivity (Wildman–Crippen MR) is 61.0 cm³/mol. The summed E-state index contributed by atoms with van der Waals surface area (Å²) in [5.41, 5.74) is -0.0320. The van der Waals surface area contributed by atoms with Gasteiger partial charge in [-0.3, -0.25) is 9.59 Å². The van der Waals surface area contributed by atoms with E-state index in [1.165, 1.54) is 12.8 Å². The van der Waals surface area contributed by atoms with Crippen molar-refractivity contribution >= 4 is 11.7 Å². The number of unbranched alkanes of at least 4 members (excludes halogenated alkanes) is 4. The second-order valence-corrected chi connectivity index (χ2v) is 4.09. The molecule has 16 heavy (non-hydrogen) atoms. The minimum Gasteiger partial charge on any atom is -0.511 e. The van der Waals surface area contributed by atoms with Crippen molar-refractivity contribution < 1.29 is 14.7 Å². The van der Waals surface area contributed by atoms with Crippen LogP contribution in [0.25, 0.3) is 0 Å². The Morgan fingerprint density at radius 3 is 2.50 bits per heavy atom. The SMILES string of the molecule is CCCCCCC/C(O)=C1/C(=O)CNC1=O. The quantitative estimate of drug-likeness (QED) is 0.314. The Kier molecular flexibility index (Phi) is 5.02. The number of Topliss-reactive ketones (excluding diaryl/α,β-unsaturated/α-hetero) is 1. The number of amides is 1. The molecule has 0 aliphatic carbocycles. The van der Waals surface area contributed by atoms with E-state index in [0.29, 0.717) is 6.42 Å². The Balaban J connectivity index is 2.38. The summed E-state index contributed by atoms with van der Waals surface area (Å²) in [7, 11) is 0. The van der Waals surface area contributed by atoms with E-state index in [0.717, 1.165) is 19.3 Å². The molecule has 1 saturated heterocycles. The van der Waals surface area contributed by atoms with Crippen molar-refractivity contribution in [3.05, 3.63) is 11.3 Å². The summed E-state index contributed by atoms with van der Waals surface area (Å²) in [5.74, 6) is -0.774. The Morgan fingerprint density at radius 1 is 1.25 bits per heavy atom. The van der Waals surface area contributed by atoms with E-state index in [1.807, 2.05) is 0 Å². The molecule has 0 spiro atoms. The molecule has 2 N–H and O–H groups in total. The molecule has 1 heterocycles.